The molecule has 0 saturated carbocycles. The minimum atomic E-state index is -4.35. The van der Waals surface area contributed by atoms with Gasteiger partial charge in [0, 0.05) is 0 Å². The van der Waals surface area contributed by atoms with Gasteiger partial charge in [-0.2, -0.15) is 0 Å². The van der Waals surface area contributed by atoms with Crippen LogP contribution in [-0.2, 0) is 9.09 Å². The van der Waals surface area contributed by atoms with Gasteiger partial charge in [0.1, 0.15) is 6.23 Å². The molecule has 0 radical (unpaired) electrons. The second kappa shape index (κ2) is 4.82. The van der Waals surface area contributed by atoms with E-state index < -0.39 is 14.1 Å². The molecule has 0 heterocycles. The average molecular weight is 165 g/mol. The molecule has 0 saturated heterocycles. The van der Waals surface area contributed by atoms with Gasteiger partial charge in [0.25, 0.3) is 0 Å². The van der Waals surface area contributed by atoms with Crippen molar-refractivity contribution in [3.63, 3.8) is 0 Å². The third-order valence-electron chi connectivity index (χ3n) is 0.304. The van der Waals surface area contributed by atoms with Crippen molar-refractivity contribution in [2.45, 2.75) is 13.2 Å². The molecule has 0 aliphatic heterocycles. The van der Waals surface area contributed by atoms with Crippen LogP contribution in [0.5, 0.6) is 0 Å². The molecule has 0 aromatic carbocycles. The van der Waals surface area contributed by atoms with E-state index in [-0.39, 0.29) is 29.6 Å². The second-order valence-electron chi connectivity index (χ2n) is 1.30. The minimum absolute atomic E-state index is 0. The van der Waals surface area contributed by atoms with E-state index in [0.29, 0.717) is 0 Å². The molecule has 0 aliphatic carbocycles. The predicted molar refractivity (Wildman–Crippen MR) is 33.9 cm³/mol. The Bertz CT molecular complexity index is 111. The first-order valence-corrected chi connectivity index (χ1v) is 3.44. The summed E-state index contributed by atoms with van der Waals surface area (Å²) in [6, 6.07) is 0. The van der Waals surface area contributed by atoms with Gasteiger partial charge in [0.2, 0.25) is 0 Å². The Balaban J connectivity index is 0. The van der Waals surface area contributed by atoms with E-state index in [4.69, 9.17) is 15.5 Å². The first-order chi connectivity index (χ1) is 3.42. The standard InChI is InChI=1S/C2H8NO4P.Na.H/c1-2(3)7-8(4,5)6;;/h2H,3H2,1H3,(H2,4,5,6);;. The average Bonchev–Trinajstić information content (AvgIpc) is 1.21. The molecule has 1 unspecified atom stereocenters. The van der Waals surface area contributed by atoms with Crippen LogP contribution in [0.4, 0.5) is 0 Å². The van der Waals surface area contributed by atoms with Gasteiger partial charge in [0.15, 0.2) is 0 Å². The number of phosphoric ester groups is 1. The predicted octanol–water partition coefficient (Wildman–Crippen LogP) is -1.25. The SMILES string of the molecule is CC(N)OP(=O)(O)O.[NaH]. The fourth-order valence-electron chi connectivity index (χ4n) is 0.217. The van der Waals surface area contributed by atoms with E-state index in [9.17, 15) is 4.57 Å². The molecule has 52 valence electrons. The Morgan fingerprint density at radius 3 is 2.00 bits per heavy atom. The zero-order valence-electron chi connectivity index (χ0n) is 4.31. The molecular weight excluding hydrogens is 156 g/mol. The van der Waals surface area contributed by atoms with Gasteiger partial charge in [-0.05, 0) is 6.92 Å². The van der Waals surface area contributed by atoms with E-state index in [1.165, 1.54) is 6.92 Å². The quantitative estimate of drug-likeness (QED) is 0.270. The Hall–Kier alpha value is 1.07. The van der Waals surface area contributed by atoms with Gasteiger partial charge < -0.3 is 15.5 Å². The number of phosphoric acid groups is 1. The Morgan fingerprint density at radius 1 is 1.67 bits per heavy atom. The molecule has 7 heteroatoms. The number of nitrogens with two attached hydrogens (primary N) is 1. The molecule has 0 aromatic heterocycles. The number of rotatable bonds is 2. The zero-order chi connectivity index (χ0) is 6.78. The monoisotopic (exact) mass is 165 g/mol. The van der Waals surface area contributed by atoms with Crippen LogP contribution < -0.4 is 5.73 Å². The molecule has 5 nitrogen and oxygen atoms in total. The molecular formula is C2H9NNaO4P. The zero-order valence-corrected chi connectivity index (χ0v) is 5.21. The summed E-state index contributed by atoms with van der Waals surface area (Å²) in [6.45, 7) is 1.33. The summed E-state index contributed by atoms with van der Waals surface area (Å²) in [7, 11) is -4.35. The molecule has 0 aromatic rings. The van der Waals surface area contributed by atoms with E-state index in [0.717, 1.165) is 0 Å². The van der Waals surface area contributed by atoms with Crippen LogP contribution in [0, 0.1) is 0 Å². The molecule has 0 amide bonds. The molecule has 0 rings (SSSR count). The molecule has 0 spiro atoms. The van der Waals surface area contributed by atoms with Crippen molar-refractivity contribution in [2.24, 2.45) is 5.73 Å². The summed E-state index contributed by atoms with van der Waals surface area (Å²) >= 11 is 0. The van der Waals surface area contributed by atoms with Crippen LogP contribution in [0.25, 0.3) is 0 Å². The van der Waals surface area contributed by atoms with Crippen molar-refractivity contribution >= 4 is 37.4 Å². The first kappa shape index (κ1) is 12.7. The van der Waals surface area contributed by atoms with Crippen molar-refractivity contribution < 1.29 is 18.9 Å². The number of hydrogen-bond acceptors (Lipinski definition) is 3. The van der Waals surface area contributed by atoms with Gasteiger partial charge in [0.05, 0.1) is 0 Å². The van der Waals surface area contributed by atoms with Gasteiger partial charge in [-0.15, -0.1) is 0 Å². The van der Waals surface area contributed by atoms with Crippen LogP contribution in [-0.4, -0.2) is 45.6 Å². The molecule has 1 atom stereocenters. The summed E-state index contributed by atoms with van der Waals surface area (Å²) in [5, 5.41) is 0. The van der Waals surface area contributed by atoms with Crippen LogP contribution >= 0.6 is 7.82 Å². The topological polar surface area (TPSA) is 92.8 Å². The Morgan fingerprint density at radius 2 is 2.00 bits per heavy atom. The van der Waals surface area contributed by atoms with Crippen molar-refractivity contribution in [2.75, 3.05) is 0 Å². The fourth-order valence-corrected chi connectivity index (χ4v) is 0.650. The molecule has 9 heavy (non-hydrogen) atoms. The Labute approximate surface area is 75.1 Å². The van der Waals surface area contributed by atoms with Gasteiger partial charge in [-0.1, -0.05) is 0 Å². The summed E-state index contributed by atoms with van der Waals surface area (Å²) < 4.78 is 13.7. The summed E-state index contributed by atoms with van der Waals surface area (Å²) in [5.74, 6) is 0. The van der Waals surface area contributed by atoms with Crippen LogP contribution in [0.15, 0.2) is 0 Å². The third-order valence-corrected chi connectivity index (χ3v) is 0.911. The van der Waals surface area contributed by atoms with Crippen molar-refractivity contribution in [3.05, 3.63) is 0 Å². The van der Waals surface area contributed by atoms with E-state index >= 15 is 0 Å². The molecule has 0 aliphatic rings. The van der Waals surface area contributed by atoms with Gasteiger partial charge in [-0.25, -0.2) is 4.57 Å². The molecule has 4 N–H and O–H groups in total. The second-order valence-corrected chi connectivity index (χ2v) is 2.49. The number of hydrogen-bond donors (Lipinski definition) is 3. The Kier molecular flexibility index (Phi) is 6.81. The van der Waals surface area contributed by atoms with E-state index in [2.05, 4.69) is 4.52 Å². The van der Waals surface area contributed by atoms with Crippen molar-refractivity contribution in [3.8, 4) is 0 Å². The van der Waals surface area contributed by atoms with Crippen molar-refractivity contribution in [1.29, 1.82) is 0 Å². The van der Waals surface area contributed by atoms with Crippen molar-refractivity contribution in [1.82, 2.24) is 0 Å². The maximum absolute atomic E-state index is 9.83. The third kappa shape index (κ3) is 12.3. The van der Waals surface area contributed by atoms with Gasteiger partial charge >= 0.3 is 37.4 Å². The summed E-state index contributed by atoms with van der Waals surface area (Å²) in [4.78, 5) is 16.0. The van der Waals surface area contributed by atoms with E-state index in [1.807, 2.05) is 0 Å². The molecule has 0 fully saturated rings. The van der Waals surface area contributed by atoms with Crippen LogP contribution in [0.3, 0.4) is 0 Å². The maximum atomic E-state index is 9.83. The van der Waals surface area contributed by atoms with E-state index in [1.54, 1.807) is 0 Å². The summed E-state index contributed by atoms with van der Waals surface area (Å²) in [6.07, 6.45) is -0.921. The normalized spacial score (nSPS) is 14.2. The molecule has 0 bridgehead atoms. The van der Waals surface area contributed by atoms with Gasteiger partial charge in [-0.3, -0.25) is 4.52 Å². The van der Waals surface area contributed by atoms with Crippen LogP contribution in [0.1, 0.15) is 6.92 Å². The summed E-state index contributed by atoms with van der Waals surface area (Å²) in [5.41, 5.74) is 4.86. The first-order valence-electron chi connectivity index (χ1n) is 1.91. The fraction of sp³-hybridized carbons (Fsp3) is 1.00. The van der Waals surface area contributed by atoms with Crippen LogP contribution in [0.2, 0.25) is 0 Å².